The maximum absolute atomic E-state index is 12.8. The van der Waals surface area contributed by atoms with Crippen molar-refractivity contribution in [2.75, 3.05) is 18.5 Å². The fraction of sp³-hybridized carbons (Fsp3) is 0.318. The lowest BCUT2D eigenvalue weighted by molar-refractivity contribution is -0.141. The van der Waals surface area contributed by atoms with Gasteiger partial charge < -0.3 is 25.6 Å². The number of carbonyl (C=O) groups excluding carboxylic acids is 1. The second-order valence-electron chi connectivity index (χ2n) is 7.76. The van der Waals surface area contributed by atoms with Crippen LogP contribution >= 0.6 is 0 Å². The van der Waals surface area contributed by atoms with Gasteiger partial charge in [0.15, 0.2) is 11.5 Å². The Bertz CT molecular complexity index is 1150. The number of ether oxygens (including phenoxy) is 1. The van der Waals surface area contributed by atoms with Crippen LogP contribution in [0.1, 0.15) is 16.1 Å². The monoisotopic (exact) mass is 490 g/mol. The number of rotatable bonds is 6. The molecule has 0 saturated carbocycles. The van der Waals surface area contributed by atoms with Crippen LogP contribution in [0.5, 0.6) is 0 Å². The summed E-state index contributed by atoms with van der Waals surface area (Å²) in [5.41, 5.74) is -0.208. The molecule has 184 valence electrons. The van der Waals surface area contributed by atoms with Crippen LogP contribution in [-0.4, -0.2) is 73.6 Å². The van der Waals surface area contributed by atoms with Crippen molar-refractivity contribution in [2.45, 2.75) is 30.5 Å². The van der Waals surface area contributed by atoms with Crippen LogP contribution < -0.4 is 10.6 Å². The van der Waals surface area contributed by atoms with Gasteiger partial charge in [-0.3, -0.25) is 9.78 Å². The highest BCUT2D eigenvalue weighted by Gasteiger charge is 2.39. The molecule has 4 N–H and O–H groups in total. The van der Waals surface area contributed by atoms with Gasteiger partial charge >= 0.3 is 6.18 Å². The molecule has 1 fully saturated rings. The molecule has 0 radical (unpaired) electrons. The minimum absolute atomic E-state index is 0.131. The Hall–Kier alpha value is -3.68. The molecule has 1 saturated heterocycles. The number of carbonyl (C=O) groups is 1. The zero-order valence-corrected chi connectivity index (χ0v) is 18.1. The number of halogens is 3. The summed E-state index contributed by atoms with van der Waals surface area (Å²) in [6.07, 6.45) is -4.10. The molecule has 1 aliphatic heterocycles. The summed E-state index contributed by atoms with van der Waals surface area (Å²) in [4.78, 5) is 27.7. The minimum Gasteiger partial charge on any atom is -0.388 e. The maximum Gasteiger partial charge on any atom is 0.434 e. The topological polar surface area (TPSA) is 142 Å². The first-order valence-corrected chi connectivity index (χ1v) is 10.5. The highest BCUT2D eigenvalue weighted by Crippen LogP contribution is 2.28. The molecule has 4 rings (SSSR count). The van der Waals surface area contributed by atoms with Gasteiger partial charge in [0.05, 0.1) is 30.6 Å². The normalized spacial score (nSPS) is 22.4. The van der Waals surface area contributed by atoms with E-state index in [9.17, 15) is 28.2 Å². The fourth-order valence-corrected chi connectivity index (χ4v) is 3.43. The molecular weight excluding hydrogens is 469 g/mol. The third-order valence-corrected chi connectivity index (χ3v) is 5.30. The molecule has 35 heavy (non-hydrogen) atoms. The number of aromatic nitrogens is 4. The van der Waals surface area contributed by atoms with Gasteiger partial charge in [0, 0.05) is 24.5 Å². The summed E-state index contributed by atoms with van der Waals surface area (Å²) in [5.74, 6) is -0.278. The highest BCUT2D eigenvalue weighted by atomic mass is 19.4. The minimum atomic E-state index is -4.68. The number of aliphatic hydroxyl groups excluding tert-OH is 2. The Labute approximate surface area is 197 Å². The Balaban J connectivity index is 1.31. The van der Waals surface area contributed by atoms with E-state index in [-0.39, 0.29) is 24.5 Å². The number of amides is 1. The van der Waals surface area contributed by atoms with Gasteiger partial charge in [0.1, 0.15) is 24.1 Å². The van der Waals surface area contributed by atoms with E-state index in [0.717, 1.165) is 11.8 Å². The largest absolute Gasteiger partial charge is 0.434 e. The van der Waals surface area contributed by atoms with Crippen LogP contribution in [0.3, 0.4) is 0 Å². The quantitative estimate of drug-likeness (QED) is 0.402. The lowest BCUT2D eigenvalue weighted by atomic mass is 9.98. The number of anilines is 1. The molecule has 0 aliphatic carbocycles. The molecule has 13 heteroatoms. The van der Waals surface area contributed by atoms with Gasteiger partial charge in [-0.05, 0) is 0 Å². The number of nitrogens with one attached hydrogen (secondary N) is 2. The summed E-state index contributed by atoms with van der Waals surface area (Å²) in [6, 6.07) is 8.27. The van der Waals surface area contributed by atoms with E-state index in [0.29, 0.717) is 12.0 Å². The Morgan fingerprint density at radius 1 is 1.06 bits per heavy atom. The van der Waals surface area contributed by atoms with Crippen molar-refractivity contribution in [3.63, 3.8) is 0 Å². The molecule has 3 heterocycles. The van der Waals surface area contributed by atoms with E-state index in [2.05, 4.69) is 30.6 Å². The molecule has 3 aromatic rings. The Morgan fingerprint density at radius 2 is 1.77 bits per heavy atom. The van der Waals surface area contributed by atoms with Crippen LogP contribution in [0.2, 0.25) is 0 Å². The number of hydrogen-bond acceptors (Lipinski definition) is 9. The first-order valence-electron chi connectivity index (χ1n) is 10.5. The van der Waals surface area contributed by atoms with Crippen LogP contribution in [0.25, 0.3) is 11.4 Å². The number of benzene rings is 1. The molecule has 0 bridgehead atoms. The Kier molecular flexibility index (Phi) is 7.19. The van der Waals surface area contributed by atoms with Gasteiger partial charge in [-0.25, -0.2) is 15.0 Å². The average molecular weight is 490 g/mol. The molecule has 1 aromatic carbocycles. The number of hydrogen-bond donors (Lipinski definition) is 4. The number of aliphatic hydroxyl groups is 2. The zero-order valence-electron chi connectivity index (χ0n) is 18.1. The van der Waals surface area contributed by atoms with Crippen molar-refractivity contribution in [3.05, 3.63) is 66.4 Å². The summed E-state index contributed by atoms with van der Waals surface area (Å²) >= 11 is 0. The fourth-order valence-electron chi connectivity index (χ4n) is 3.43. The van der Waals surface area contributed by atoms with Crippen molar-refractivity contribution in [2.24, 2.45) is 0 Å². The van der Waals surface area contributed by atoms with Crippen LogP contribution in [0.4, 0.5) is 19.0 Å². The van der Waals surface area contributed by atoms with Gasteiger partial charge in [-0.15, -0.1) is 0 Å². The summed E-state index contributed by atoms with van der Waals surface area (Å²) in [6.45, 7) is -0.293. The lowest BCUT2D eigenvalue weighted by Gasteiger charge is -2.38. The molecule has 1 amide bonds. The van der Waals surface area contributed by atoms with Gasteiger partial charge in [0.25, 0.3) is 5.91 Å². The predicted octanol–water partition coefficient (Wildman–Crippen LogP) is 1.28. The van der Waals surface area contributed by atoms with E-state index in [1.165, 1.54) is 12.4 Å². The van der Waals surface area contributed by atoms with Gasteiger partial charge in [-0.1, -0.05) is 30.3 Å². The molecule has 4 atom stereocenters. The second-order valence-corrected chi connectivity index (χ2v) is 7.76. The van der Waals surface area contributed by atoms with Crippen molar-refractivity contribution in [1.29, 1.82) is 0 Å². The third kappa shape index (κ3) is 5.88. The summed E-state index contributed by atoms with van der Waals surface area (Å²) < 4.78 is 44.0. The Morgan fingerprint density at radius 3 is 2.46 bits per heavy atom. The maximum atomic E-state index is 12.8. The number of nitrogens with zero attached hydrogens (tertiary/aromatic N) is 4. The van der Waals surface area contributed by atoms with Crippen molar-refractivity contribution >= 4 is 11.7 Å². The van der Waals surface area contributed by atoms with E-state index < -0.39 is 42.1 Å². The number of alkyl halides is 3. The first kappa shape index (κ1) is 24.4. The molecule has 2 aromatic heterocycles. The van der Waals surface area contributed by atoms with E-state index in [1.54, 1.807) is 0 Å². The van der Waals surface area contributed by atoms with Crippen molar-refractivity contribution in [3.8, 4) is 11.4 Å². The van der Waals surface area contributed by atoms with Crippen molar-refractivity contribution in [1.82, 2.24) is 25.3 Å². The summed E-state index contributed by atoms with van der Waals surface area (Å²) in [7, 11) is 0. The highest BCUT2D eigenvalue weighted by molar-refractivity contribution is 5.93. The predicted molar refractivity (Wildman–Crippen MR) is 116 cm³/mol. The van der Waals surface area contributed by atoms with Crippen LogP contribution in [0, 0.1) is 0 Å². The van der Waals surface area contributed by atoms with E-state index in [4.69, 9.17) is 4.74 Å². The van der Waals surface area contributed by atoms with Crippen molar-refractivity contribution < 1.29 is 32.9 Å². The van der Waals surface area contributed by atoms with E-state index in [1.807, 2.05) is 30.3 Å². The third-order valence-electron chi connectivity index (χ3n) is 5.30. The standard InChI is InChI=1S/C22H21F3N6O4/c23-22(24,25)16-9-26-10-17(31-16)30-14-11-35-15(19(33)18(14)32)8-29-21(34)13-6-27-20(28-7-13)12-4-2-1-3-5-12/h1-7,9-10,14-15,18-19,32-33H,8,11H2,(H,29,34)(H,30,31)/t14-,15+,18+,19-/m0/s1. The average Bonchev–Trinajstić information content (AvgIpc) is 2.86. The molecule has 1 aliphatic rings. The second kappa shape index (κ2) is 10.3. The SMILES string of the molecule is O=C(NC[C@H]1OC[C@H](Nc2cncc(C(F)(F)F)n2)[C@@H](O)[C@H]1O)c1cnc(-c2ccccc2)nc1. The molecule has 0 spiro atoms. The van der Waals surface area contributed by atoms with Gasteiger partial charge in [-0.2, -0.15) is 13.2 Å². The molecule has 0 unspecified atom stereocenters. The zero-order chi connectivity index (χ0) is 25.0. The molecular formula is C22H21F3N6O4. The summed E-state index contributed by atoms with van der Waals surface area (Å²) in [5, 5.41) is 26.0. The van der Waals surface area contributed by atoms with Crippen LogP contribution in [-0.2, 0) is 10.9 Å². The van der Waals surface area contributed by atoms with E-state index >= 15 is 0 Å². The lowest BCUT2D eigenvalue weighted by Crippen LogP contribution is -2.58. The smallest absolute Gasteiger partial charge is 0.388 e. The van der Waals surface area contributed by atoms with Gasteiger partial charge in [0.2, 0.25) is 0 Å². The first-order chi connectivity index (χ1) is 16.7. The van der Waals surface area contributed by atoms with Crippen LogP contribution in [0.15, 0.2) is 55.1 Å². The molecule has 10 nitrogen and oxygen atoms in total.